The van der Waals surface area contributed by atoms with Crippen molar-refractivity contribution >= 4 is 5.97 Å². The predicted octanol–water partition coefficient (Wildman–Crippen LogP) is 2.86. The molecule has 0 saturated carbocycles. The van der Waals surface area contributed by atoms with Gasteiger partial charge in [0.05, 0.1) is 19.3 Å². The first-order valence-electron chi connectivity index (χ1n) is 7.12. The Kier molecular flexibility index (Phi) is 6.52. The maximum Gasteiger partial charge on any atom is 0.330 e. The molecule has 1 aliphatic heterocycles. The minimum Gasteiger partial charge on any atom is -0.466 e. The second kappa shape index (κ2) is 7.65. The van der Waals surface area contributed by atoms with Crippen molar-refractivity contribution in [2.75, 3.05) is 13.7 Å². The first kappa shape index (κ1) is 16.2. The van der Waals surface area contributed by atoms with Crippen molar-refractivity contribution in [1.29, 1.82) is 0 Å². The molecule has 4 nitrogen and oxygen atoms in total. The first-order valence-corrected chi connectivity index (χ1v) is 7.12. The molecule has 1 saturated heterocycles. The van der Waals surface area contributed by atoms with Crippen LogP contribution in [0, 0.1) is 0 Å². The fraction of sp³-hybridized carbons (Fsp3) is 0.800. The highest BCUT2D eigenvalue weighted by Gasteiger charge is 2.50. The molecule has 1 heterocycles. The van der Waals surface area contributed by atoms with Gasteiger partial charge in [-0.1, -0.05) is 20.3 Å². The molecule has 19 heavy (non-hydrogen) atoms. The van der Waals surface area contributed by atoms with Crippen LogP contribution in [0.3, 0.4) is 0 Å². The Labute approximate surface area is 116 Å². The van der Waals surface area contributed by atoms with E-state index in [4.69, 9.17) is 9.47 Å². The summed E-state index contributed by atoms with van der Waals surface area (Å²) in [5.74, 6) is -0.346. The number of ether oxygens (including phenoxy) is 3. The maximum absolute atomic E-state index is 11.1. The van der Waals surface area contributed by atoms with E-state index in [1.165, 1.54) is 13.2 Å². The smallest absolute Gasteiger partial charge is 0.330 e. The third-order valence-electron chi connectivity index (χ3n) is 3.51. The number of hydrogen-bond donors (Lipinski definition) is 0. The number of epoxide rings is 1. The van der Waals surface area contributed by atoms with Gasteiger partial charge in [-0.25, -0.2) is 4.79 Å². The summed E-state index contributed by atoms with van der Waals surface area (Å²) in [6.07, 6.45) is 7.70. The van der Waals surface area contributed by atoms with E-state index in [2.05, 4.69) is 18.6 Å². The van der Waals surface area contributed by atoms with E-state index in [9.17, 15) is 4.79 Å². The molecule has 1 rings (SSSR count). The molecule has 0 aromatic carbocycles. The lowest BCUT2D eigenvalue weighted by Crippen LogP contribution is -2.18. The van der Waals surface area contributed by atoms with Gasteiger partial charge in [-0.3, -0.25) is 0 Å². The summed E-state index contributed by atoms with van der Waals surface area (Å²) in [7, 11) is 1.37. The van der Waals surface area contributed by atoms with E-state index in [1.54, 1.807) is 6.08 Å². The van der Waals surface area contributed by atoms with Gasteiger partial charge >= 0.3 is 5.97 Å². The summed E-state index contributed by atoms with van der Waals surface area (Å²) in [4.78, 5) is 11.1. The molecule has 1 fully saturated rings. The van der Waals surface area contributed by atoms with Gasteiger partial charge in [0.2, 0.25) is 0 Å². The molecule has 110 valence electrons. The van der Waals surface area contributed by atoms with Gasteiger partial charge in [0, 0.05) is 19.1 Å². The quantitative estimate of drug-likeness (QED) is 0.280. The lowest BCUT2D eigenvalue weighted by Gasteiger charge is -2.15. The zero-order valence-electron chi connectivity index (χ0n) is 12.5. The molecule has 0 aliphatic carbocycles. The van der Waals surface area contributed by atoms with Crippen molar-refractivity contribution < 1.29 is 19.0 Å². The Morgan fingerprint density at radius 1 is 1.47 bits per heavy atom. The Balaban J connectivity index is 2.34. The maximum atomic E-state index is 11.1. The standard InChI is InChI=1S/C15H26O4/c1-5-7-10-18-12(6-2)11-13-15(3,19-13)9-8-14(16)17-4/h8-9,12-13H,5-7,10-11H2,1-4H3/b9-8+/t12-,13+,15+/m0/s1. The molecule has 4 heteroatoms. The van der Waals surface area contributed by atoms with Crippen molar-refractivity contribution in [2.24, 2.45) is 0 Å². The van der Waals surface area contributed by atoms with Crippen LogP contribution >= 0.6 is 0 Å². The molecule has 0 N–H and O–H groups in total. The lowest BCUT2D eigenvalue weighted by atomic mass is 10.0. The SMILES string of the molecule is CCCCO[C@@H](CC)C[C@H]1O[C@]1(C)/C=C/C(=O)OC. The second-order valence-corrected chi connectivity index (χ2v) is 5.14. The van der Waals surface area contributed by atoms with E-state index in [0.717, 1.165) is 32.3 Å². The van der Waals surface area contributed by atoms with Crippen LogP contribution in [0.5, 0.6) is 0 Å². The molecule has 0 amide bonds. The molecule has 0 unspecified atom stereocenters. The van der Waals surface area contributed by atoms with Crippen LogP contribution in [0.1, 0.15) is 46.5 Å². The minimum absolute atomic E-state index is 0.139. The average molecular weight is 270 g/mol. The number of carbonyl (C=O) groups is 1. The van der Waals surface area contributed by atoms with Crippen LogP contribution in [-0.4, -0.2) is 37.5 Å². The number of esters is 1. The number of rotatable bonds is 9. The Morgan fingerprint density at radius 3 is 2.79 bits per heavy atom. The highest BCUT2D eigenvalue weighted by Crippen LogP contribution is 2.41. The summed E-state index contributed by atoms with van der Waals surface area (Å²) in [6.45, 7) is 7.08. The zero-order chi connectivity index (χ0) is 14.3. The molecule has 1 aliphatic rings. The summed E-state index contributed by atoms with van der Waals surface area (Å²) < 4.78 is 16.1. The van der Waals surface area contributed by atoms with E-state index in [1.807, 2.05) is 6.92 Å². The molecule has 0 aromatic rings. The van der Waals surface area contributed by atoms with Crippen LogP contribution in [0.15, 0.2) is 12.2 Å². The van der Waals surface area contributed by atoms with E-state index in [0.29, 0.717) is 0 Å². The fourth-order valence-electron chi connectivity index (χ4n) is 1.99. The van der Waals surface area contributed by atoms with Crippen molar-refractivity contribution in [3.63, 3.8) is 0 Å². The van der Waals surface area contributed by atoms with E-state index >= 15 is 0 Å². The van der Waals surface area contributed by atoms with Crippen molar-refractivity contribution in [1.82, 2.24) is 0 Å². The van der Waals surface area contributed by atoms with Crippen molar-refractivity contribution in [2.45, 2.75) is 64.3 Å². The molecular weight excluding hydrogens is 244 g/mol. The number of hydrogen-bond acceptors (Lipinski definition) is 4. The largest absolute Gasteiger partial charge is 0.466 e. The molecule has 3 atom stereocenters. The van der Waals surface area contributed by atoms with Crippen LogP contribution in [0.25, 0.3) is 0 Å². The average Bonchev–Trinajstić information content (AvgIpc) is 3.05. The third kappa shape index (κ3) is 5.33. The second-order valence-electron chi connectivity index (χ2n) is 5.14. The highest BCUT2D eigenvalue weighted by molar-refractivity contribution is 5.82. The van der Waals surface area contributed by atoms with Gasteiger partial charge in [-0.15, -0.1) is 0 Å². The van der Waals surface area contributed by atoms with Crippen LogP contribution in [0.2, 0.25) is 0 Å². The van der Waals surface area contributed by atoms with Gasteiger partial charge in [-0.05, 0) is 25.8 Å². The topological polar surface area (TPSA) is 48.1 Å². The van der Waals surface area contributed by atoms with E-state index in [-0.39, 0.29) is 23.8 Å². The predicted molar refractivity (Wildman–Crippen MR) is 74.0 cm³/mol. The summed E-state index contributed by atoms with van der Waals surface area (Å²) in [5, 5.41) is 0. The first-order chi connectivity index (χ1) is 9.05. The lowest BCUT2D eigenvalue weighted by molar-refractivity contribution is -0.134. The van der Waals surface area contributed by atoms with Crippen LogP contribution in [-0.2, 0) is 19.0 Å². The van der Waals surface area contributed by atoms with Crippen LogP contribution < -0.4 is 0 Å². The fourth-order valence-corrected chi connectivity index (χ4v) is 1.99. The molecule has 0 spiro atoms. The monoisotopic (exact) mass is 270 g/mol. The van der Waals surface area contributed by atoms with Gasteiger partial charge in [0.1, 0.15) is 5.60 Å². The molecule has 0 aromatic heterocycles. The van der Waals surface area contributed by atoms with E-state index < -0.39 is 0 Å². The Hall–Kier alpha value is -0.870. The van der Waals surface area contributed by atoms with Gasteiger partial charge in [0.25, 0.3) is 0 Å². The number of unbranched alkanes of at least 4 members (excludes halogenated alkanes) is 1. The van der Waals surface area contributed by atoms with Crippen molar-refractivity contribution in [3.8, 4) is 0 Å². The Bertz CT molecular complexity index is 313. The molecule has 0 bridgehead atoms. The normalized spacial score (nSPS) is 27.5. The molecular formula is C15H26O4. The summed E-state index contributed by atoms with van der Waals surface area (Å²) in [5.41, 5.74) is -0.338. The van der Waals surface area contributed by atoms with Crippen LogP contribution in [0.4, 0.5) is 0 Å². The number of methoxy groups -OCH3 is 1. The zero-order valence-corrected chi connectivity index (χ0v) is 12.5. The van der Waals surface area contributed by atoms with Gasteiger partial charge in [0.15, 0.2) is 0 Å². The molecule has 0 radical (unpaired) electrons. The summed E-state index contributed by atoms with van der Waals surface area (Å²) >= 11 is 0. The Morgan fingerprint density at radius 2 is 2.21 bits per heavy atom. The number of carbonyl (C=O) groups excluding carboxylic acids is 1. The van der Waals surface area contributed by atoms with Crippen molar-refractivity contribution in [3.05, 3.63) is 12.2 Å². The van der Waals surface area contributed by atoms with Gasteiger partial charge in [-0.2, -0.15) is 0 Å². The highest BCUT2D eigenvalue weighted by atomic mass is 16.6. The summed E-state index contributed by atoms with van der Waals surface area (Å²) in [6, 6.07) is 0. The third-order valence-corrected chi connectivity index (χ3v) is 3.51. The minimum atomic E-state index is -0.346. The van der Waals surface area contributed by atoms with Gasteiger partial charge < -0.3 is 14.2 Å².